The Balaban J connectivity index is 2.36. The average Bonchev–Trinajstić information content (AvgIpc) is 1.91. The Hall–Kier alpha value is -0.120. The van der Waals surface area contributed by atoms with Crippen LogP contribution in [0.4, 0.5) is 0 Å². The lowest BCUT2D eigenvalue weighted by Crippen LogP contribution is -2.54. The molecule has 0 aromatic rings. The molecule has 1 atom stereocenters. The molecule has 0 aliphatic carbocycles. The van der Waals surface area contributed by atoms with Gasteiger partial charge in [-0.2, -0.15) is 0 Å². The van der Waals surface area contributed by atoms with E-state index in [1.807, 2.05) is 0 Å². The highest BCUT2D eigenvalue weighted by Crippen LogP contribution is 2.22. The first kappa shape index (κ1) is 11.0. The van der Waals surface area contributed by atoms with Gasteiger partial charge in [0, 0.05) is 12.6 Å². The fourth-order valence-corrected chi connectivity index (χ4v) is 1.51. The molecule has 1 fully saturated rings. The first-order chi connectivity index (χ1) is 6.04. The summed E-state index contributed by atoms with van der Waals surface area (Å²) in [4.78, 5) is 0. The molecule has 13 heavy (non-hydrogen) atoms. The third-order valence-corrected chi connectivity index (χ3v) is 2.54. The van der Waals surface area contributed by atoms with Gasteiger partial charge in [0.2, 0.25) is 0 Å². The monoisotopic (exact) mass is 187 g/mol. The predicted octanol–water partition coefficient (Wildman–Crippen LogP) is 0.772. The number of ether oxygens (including phenoxy) is 1. The molecule has 1 rings (SSSR count). The molecular formula is C10H21NO2. The van der Waals surface area contributed by atoms with E-state index in [2.05, 4.69) is 26.1 Å². The van der Waals surface area contributed by atoms with Gasteiger partial charge in [0.05, 0.1) is 19.3 Å². The Morgan fingerprint density at radius 1 is 1.46 bits per heavy atom. The summed E-state index contributed by atoms with van der Waals surface area (Å²) in [5.41, 5.74) is 0.207. The van der Waals surface area contributed by atoms with Crippen molar-refractivity contribution in [3.63, 3.8) is 0 Å². The van der Waals surface area contributed by atoms with Crippen LogP contribution in [0.25, 0.3) is 0 Å². The molecule has 0 radical (unpaired) electrons. The van der Waals surface area contributed by atoms with Gasteiger partial charge in [-0.15, -0.1) is 0 Å². The largest absolute Gasteiger partial charge is 0.396 e. The van der Waals surface area contributed by atoms with Crippen molar-refractivity contribution in [1.29, 1.82) is 0 Å². The van der Waals surface area contributed by atoms with Crippen LogP contribution < -0.4 is 5.32 Å². The Morgan fingerprint density at radius 2 is 2.08 bits per heavy atom. The lowest BCUT2D eigenvalue weighted by Gasteiger charge is -2.37. The SMILES string of the molecule is CC(C)(C)C(CCO)NC1COC1. The zero-order valence-corrected chi connectivity index (χ0v) is 8.84. The van der Waals surface area contributed by atoms with Gasteiger partial charge in [-0.25, -0.2) is 0 Å². The molecule has 0 spiro atoms. The Kier molecular flexibility index (Phi) is 3.71. The molecule has 0 aromatic carbocycles. The van der Waals surface area contributed by atoms with Crippen molar-refractivity contribution in [2.24, 2.45) is 5.41 Å². The molecule has 2 N–H and O–H groups in total. The van der Waals surface area contributed by atoms with Crippen molar-refractivity contribution in [2.45, 2.75) is 39.3 Å². The minimum Gasteiger partial charge on any atom is -0.396 e. The van der Waals surface area contributed by atoms with Crippen LogP contribution in [0.1, 0.15) is 27.2 Å². The number of nitrogens with one attached hydrogen (secondary N) is 1. The molecule has 78 valence electrons. The highest BCUT2D eigenvalue weighted by Gasteiger charge is 2.28. The number of rotatable bonds is 4. The maximum Gasteiger partial charge on any atom is 0.0643 e. The van der Waals surface area contributed by atoms with E-state index in [0.29, 0.717) is 12.1 Å². The third kappa shape index (κ3) is 3.25. The van der Waals surface area contributed by atoms with Gasteiger partial charge in [0.15, 0.2) is 0 Å². The van der Waals surface area contributed by atoms with Crippen molar-refractivity contribution in [3.8, 4) is 0 Å². The predicted molar refractivity (Wildman–Crippen MR) is 52.7 cm³/mol. The summed E-state index contributed by atoms with van der Waals surface area (Å²) in [6.45, 7) is 8.47. The second kappa shape index (κ2) is 4.40. The fourth-order valence-electron chi connectivity index (χ4n) is 1.51. The smallest absolute Gasteiger partial charge is 0.0643 e. The summed E-state index contributed by atoms with van der Waals surface area (Å²) in [6.07, 6.45) is 0.819. The zero-order chi connectivity index (χ0) is 9.90. The average molecular weight is 187 g/mol. The maximum absolute atomic E-state index is 8.93. The number of aliphatic hydroxyl groups is 1. The third-order valence-electron chi connectivity index (χ3n) is 2.54. The van der Waals surface area contributed by atoms with Gasteiger partial charge in [0.1, 0.15) is 0 Å². The lowest BCUT2D eigenvalue weighted by atomic mass is 9.84. The highest BCUT2D eigenvalue weighted by atomic mass is 16.5. The summed E-state index contributed by atoms with van der Waals surface area (Å²) >= 11 is 0. The van der Waals surface area contributed by atoms with E-state index in [0.717, 1.165) is 19.6 Å². The summed E-state index contributed by atoms with van der Waals surface area (Å²) in [5, 5.41) is 12.4. The van der Waals surface area contributed by atoms with Crippen LogP contribution in [0, 0.1) is 5.41 Å². The number of hydrogen-bond acceptors (Lipinski definition) is 3. The van der Waals surface area contributed by atoms with Crippen molar-refractivity contribution in [2.75, 3.05) is 19.8 Å². The second-order valence-corrected chi connectivity index (χ2v) is 4.83. The number of hydrogen-bond donors (Lipinski definition) is 2. The maximum atomic E-state index is 8.93. The van der Waals surface area contributed by atoms with E-state index in [1.54, 1.807) is 0 Å². The first-order valence-corrected chi connectivity index (χ1v) is 4.98. The molecule has 0 aromatic heterocycles. The standard InChI is InChI=1S/C10H21NO2/c1-10(2,3)9(4-5-12)11-8-6-13-7-8/h8-9,11-12H,4-7H2,1-3H3. The van der Waals surface area contributed by atoms with Crippen LogP contribution in [0.15, 0.2) is 0 Å². The molecule has 1 aliphatic rings. The molecule has 0 bridgehead atoms. The molecule has 1 aliphatic heterocycles. The second-order valence-electron chi connectivity index (χ2n) is 4.83. The van der Waals surface area contributed by atoms with Gasteiger partial charge >= 0.3 is 0 Å². The quantitative estimate of drug-likeness (QED) is 0.683. The van der Waals surface area contributed by atoms with Gasteiger partial charge in [-0.05, 0) is 11.8 Å². The molecule has 3 heteroatoms. The number of aliphatic hydroxyl groups excluding tert-OH is 1. The summed E-state index contributed by atoms with van der Waals surface area (Å²) in [5.74, 6) is 0. The molecule has 1 unspecified atom stereocenters. The molecule has 0 amide bonds. The van der Waals surface area contributed by atoms with E-state index in [1.165, 1.54) is 0 Å². The van der Waals surface area contributed by atoms with E-state index >= 15 is 0 Å². The lowest BCUT2D eigenvalue weighted by molar-refractivity contribution is -0.0184. The fraction of sp³-hybridized carbons (Fsp3) is 1.00. The molecule has 0 saturated carbocycles. The van der Waals surface area contributed by atoms with Gasteiger partial charge in [0.25, 0.3) is 0 Å². The van der Waals surface area contributed by atoms with Gasteiger partial charge in [-0.3, -0.25) is 0 Å². The van der Waals surface area contributed by atoms with Crippen molar-refractivity contribution < 1.29 is 9.84 Å². The van der Waals surface area contributed by atoms with Crippen LogP contribution in [-0.2, 0) is 4.74 Å². The van der Waals surface area contributed by atoms with E-state index in [4.69, 9.17) is 9.84 Å². The molecule has 3 nitrogen and oxygen atoms in total. The van der Waals surface area contributed by atoms with Crippen LogP contribution in [0.2, 0.25) is 0 Å². The summed E-state index contributed by atoms with van der Waals surface area (Å²) in [6, 6.07) is 0.877. The van der Waals surface area contributed by atoms with E-state index < -0.39 is 0 Å². The van der Waals surface area contributed by atoms with E-state index in [9.17, 15) is 0 Å². The topological polar surface area (TPSA) is 41.5 Å². The van der Waals surface area contributed by atoms with Crippen LogP contribution in [0.5, 0.6) is 0 Å². The zero-order valence-electron chi connectivity index (χ0n) is 8.84. The van der Waals surface area contributed by atoms with Crippen molar-refractivity contribution in [1.82, 2.24) is 5.32 Å². The van der Waals surface area contributed by atoms with Crippen molar-refractivity contribution in [3.05, 3.63) is 0 Å². The minimum atomic E-state index is 0.207. The van der Waals surface area contributed by atoms with Crippen LogP contribution >= 0.6 is 0 Å². The Bertz CT molecular complexity index is 149. The first-order valence-electron chi connectivity index (χ1n) is 4.98. The van der Waals surface area contributed by atoms with Gasteiger partial charge < -0.3 is 15.2 Å². The molecule has 1 heterocycles. The van der Waals surface area contributed by atoms with Crippen molar-refractivity contribution >= 4 is 0 Å². The Labute approximate surface area is 80.5 Å². The Morgan fingerprint density at radius 3 is 2.38 bits per heavy atom. The highest BCUT2D eigenvalue weighted by molar-refractivity contribution is 4.85. The normalized spacial score (nSPS) is 21.2. The van der Waals surface area contributed by atoms with E-state index in [-0.39, 0.29) is 12.0 Å². The van der Waals surface area contributed by atoms with Crippen LogP contribution in [0.3, 0.4) is 0 Å². The van der Waals surface area contributed by atoms with Crippen LogP contribution in [-0.4, -0.2) is 37.0 Å². The summed E-state index contributed by atoms with van der Waals surface area (Å²) < 4.78 is 5.10. The molecule has 1 saturated heterocycles. The summed E-state index contributed by atoms with van der Waals surface area (Å²) in [7, 11) is 0. The molecular weight excluding hydrogens is 166 g/mol. The minimum absolute atomic E-state index is 0.207. The van der Waals surface area contributed by atoms with Gasteiger partial charge in [-0.1, -0.05) is 20.8 Å².